The van der Waals surface area contributed by atoms with Crippen molar-refractivity contribution < 1.29 is 9.53 Å². The third kappa shape index (κ3) is 9.51. The van der Waals surface area contributed by atoms with Crippen LogP contribution in [0, 0.1) is 0 Å². The third-order valence-corrected chi connectivity index (χ3v) is 3.55. The Morgan fingerprint density at radius 2 is 2.19 bits per heavy atom. The van der Waals surface area contributed by atoms with Crippen LogP contribution in [0.25, 0.3) is 0 Å². The number of hydrogen-bond donors (Lipinski definition) is 0. The van der Waals surface area contributed by atoms with Gasteiger partial charge in [0.05, 0.1) is 0 Å². The van der Waals surface area contributed by atoms with Gasteiger partial charge in [-0.05, 0) is 30.9 Å². The summed E-state index contributed by atoms with van der Waals surface area (Å²) in [6, 6.07) is 0. The van der Waals surface area contributed by atoms with Gasteiger partial charge < -0.3 is 4.74 Å². The molecule has 0 aromatic rings. The number of carbonyl (C=O) groups excluding carboxylic acids is 1. The van der Waals surface area contributed by atoms with Gasteiger partial charge in [0.2, 0.25) is 0 Å². The highest BCUT2D eigenvalue weighted by Gasteiger charge is 2.10. The van der Waals surface area contributed by atoms with Crippen molar-refractivity contribution in [2.45, 2.75) is 45.1 Å². The van der Waals surface area contributed by atoms with Gasteiger partial charge in [-0.1, -0.05) is 54.5 Å². The number of ether oxygens (including phenoxy) is 1. The standard InChI is InChI=1S/C12H21IO2S/c1-3-4-5-6-7-8-9-11(10-13)15-12(14)16-2/h7-8,11H,3-6,9-10H2,1-2H3/b8-7-. The van der Waals surface area contributed by atoms with Crippen LogP contribution in [0.15, 0.2) is 12.2 Å². The highest BCUT2D eigenvalue weighted by Crippen LogP contribution is 2.10. The first kappa shape index (κ1) is 16.3. The van der Waals surface area contributed by atoms with Crippen molar-refractivity contribution in [3.8, 4) is 0 Å². The zero-order chi connectivity index (χ0) is 12.2. The van der Waals surface area contributed by atoms with E-state index in [1.165, 1.54) is 19.3 Å². The number of rotatable bonds is 8. The summed E-state index contributed by atoms with van der Waals surface area (Å²) in [5.74, 6) is 0. The summed E-state index contributed by atoms with van der Waals surface area (Å²) in [6.45, 7) is 2.21. The number of halogens is 1. The Bertz CT molecular complexity index is 207. The molecule has 0 fully saturated rings. The van der Waals surface area contributed by atoms with Crippen LogP contribution in [0.4, 0.5) is 4.79 Å². The van der Waals surface area contributed by atoms with E-state index in [-0.39, 0.29) is 11.4 Å². The first-order valence-corrected chi connectivity index (χ1v) is 8.45. The van der Waals surface area contributed by atoms with E-state index in [4.69, 9.17) is 4.74 Å². The van der Waals surface area contributed by atoms with Crippen molar-refractivity contribution in [3.05, 3.63) is 12.2 Å². The van der Waals surface area contributed by atoms with Gasteiger partial charge in [0.15, 0.2) is 0 Å². The van der Waals surface area contributed by atoms with E-state index in [1.54, 1.807) is 6.26 Å². The largest absolute Gasteiger partial charge is 0.453 e. The molecule has 1 atom stereocenters. The number of thioether (sulfide) groups is 1. The molecule has 0 spiro atoms. The minimum absolute atomic E-state index is 0.0305. The lowest BCUT2D eigenvalue weighted by Gasteiger charge is -2.11. The van der Waals surface area contributed by atoms with Crippen LogP contribution in [0.3, 0.4) is 0 Å². The van der Waals surface area contributed by atoms with Gasteiger partial charge in [0, 0.05) is 10.8 Å². The highest BCUT2D eigenvalue weighted by molar-refractivity contribution is 14.1. The SMILES string of the molecule is CCCCC/C=C\CC(CI)OC(=O)SC. The molecule has 0 radical (unpaired) electrons. The minimum atomic E-state index is -0.180. The molecule has 0 aliphatic rings. The lowest BCUT2D eigenvalue weighted by atomic mass is 10.2. The normalized spacial score (nSPS) is 12.9. The molecule has 0 heterocycles. The van der Waals surface area contributed by atoms with Crippen molar-refractivity contribution in [3.63, 3.8) is 0 Å². The van der Waals surface area contributed by atoms with Crippen molar-refractivity contribution >= 4 is 39.7 Å². The number of alkyl halides is 1. The van der Waals surface area contributed by atoms with Crippen LogP contribution in [0.2, 0.25) is 0 Å². The van der Waals surface area contributed by atoms with E-state index >= 15 is 0 Å². The summed E-state index contributed by atoms with van der Waals surface area (Å²) >= 11 is 3.38. The Balaban J connectivity index is 3.65. The van der Waals surface area contributed by atoms with E-state index < -0.39 is 0 Å². The summed E-state index contributed by atoms with van der Waals surface area (Å²) in [4.78, 5) is 11.1. The molecule has 0 aromatic carbocycles. The molecule has 94 valence electrons. The smallest absolute Gasteiger partial charge is 0.367 e. The average molecular weight is 356 g/mol. The number of unbranched alkanes of at least 4 members (excludes halogenated alkanes) is 3. The van der Waals surface area contributed by atoms with Gasteiger partial charge in [0.1, 0.15) is 6.10 Å². The molecule has 0 saturated heterocycles. The highest BCUT2D eigenvalue weighted by atomic mass is 127. The molecule has 0 aromatic heterocycles. The van der Waals surface area contributed by atoms with Gasteiger partial charge in [-0.2, -0.15) is 0 Å². The number of carbonyl (C=O) groups is 1. The fraction of sp³-hybridized carbons (Fsp3) is 0.750. The molecular weight excluding hydrogens is 335 g/mol. The van der Waals surface area contributed by atoms with Crippen LogP contribution < -0.4 is 0 Å². The zero-order valence-electron chi connectivity index (χ0n) is 10.1. The van der Waals surface area contributed by atoms with Gasteiger partial charge in [-0.15, -0.1) is 0 Å². The second-order valence-corrected chi connectivity index (χ2v) is 5.17. The van der Waals surface area contributed by atoms with Crippen molar-refractivity contribution in [1.29, 1.82) is 0 Å². The summed E-state index contributed by atoms with van der Waals surface area (Å²) < 4.78 is 6.09. The molecule has 0 saturated carbocycles. The quantitative estimate of drug-likeness (QED) is 0.205. The van der Waals surface area contributed by atoms with E-state index in [9.17, 15) is 4.79 Å². The first-order chi connectivity index (χ1) is 7.74. The molecule has 0 aliphatic heterocycles. The van der Waals surface area contributed by atoms with E-state index in [0.29, 0.717) is 0 Å². The second-order valence-electron chi connectivity index (χ2n) is 3.55. The second kappa shape index (κ2) is 11.8. The first-order valence-electron chi connectivity index (χ1n) is 5.70. The number of hydrogen-bond acceptors (Lipinski definition) is 3. The zero-order valence-corrected chi connectivity index (χ0v) is 13.1. The summed E-state index contributed by atoms with van der Waals surface area (Å²) in [7, 11) is 0. The van der Waals surface area contributed by atoms with Gasteiger partial charge in [0.25, 0.3) is 0 Å². The molecule has 2 nitrogen and oxygen atoms in total. The Morgan fingerprint density at radius 3 is 2.75 bits per heavy atom. The molecule has 0 bridgehead atoms. The lowest BCUT2D eigenvalue weighted by Crippen LogP contribution is -2.15. The van der Waals surface area contributed by atoms with Crippen LogP contribution in [0.5, 0.6) is 0 Å². The predicted molar refractivity (Wildman–Crippen MR) is 80.6 cm³/mol. The van der Waals surface area contributed by atoms with E-state index in [0.717, 1.165) is 29.0 Å². The molecule has 16 heavy (non-hydrogen) atoms. The van der Waals surface area contributed by atoms with E-state index in [2.05, 4.69) is 41.7 Å². The van der Waals surface area contributed by atoms with Gasteiger partial charge in [-0.25, -0.2) is 4.79 Å². The Labute approximate surface area is 117 Å². The third-order valence-electron chi connectivity index (χ3n) is 2.14. The maximum Gasteiger partial charge on any atom is 0.367 e. The Kier molecular flexibility index (Phi) is 12.0. The summed E-state index contributed by atoms with van der Waals surface area (Å²) in [6.07, 6.45) is 11.9. The summed E-state index contributed by atoms with van der Waals surface area (Å²) in [5.41, 5.74) is 0. The van der Waals surface area contributed by atoms with Crippen LogP contribution in [-0.2, 0) is 4.74 Å². The molecular formula is C12H21IO2S. The fourth-order valence-corrected chi connectivity index (χ4v) is 1.98. The topological polar surface area (TPSA) is 26.3 Å². The van der Waals surface area contributed by atoms with Crippen LogP contribution in [-0.4, -0.2) is 22.1 Å². The average Bonchev–Trinajstić information content (AvgIpc) is 2.31. The molecule has 0 amide bonds. The van der Waals surface area contributed by atoms with Gasteiger partial charge >= 0.3 is 5.30 Å². The Morgan fingerprint density at radius 1 is 1.44 bits per heavy atom. The lowest BCUT2D eigenvalue weighted by molar-refractivity contribution is 0.138. The molecule has 4 heteroatoms. The van der Waals surface area contributed by atoms with Crippen molar-refractivity contribution in [2.24, 2.45) is 0 Å². The maximum absolute atomic E-state index is 11.1. The fourth-order valence-electron chi connectivity index (χ4n) is 1.20. The molecule has 0 rings (SSSR count). The maximum atomic E-state index is 11.1. The van der Waals surface area contributed by atoms with Crippen molar-refractivity contribution in [1.82, 2.24) is 0 Å². The molecule has 1 unspecified atom stereocenters. The van der Waals surface area contributed by atoms with E-state index in [1.807, 2.05) is 0 Å². The minimum Gasteiger partial charge on any atom is -0.453 e. The number of allylic oxidation sites excluding steroid dienone is 1. The predicted octanol–water partition coefficient (Wildman–Crippen LogP) is 4.82. The van der Waals surface area contributed by atoms with Crippen molar-refractivity contribution in [2.75, 3.05) is 10.7 Å². The monoisotopic (exact) mass is 356 g/mol. The molecule has 0 aliphatic carbocycles. The van der Waals surface area contributed by atoms with Gasteiger partial charge in [-0.3, -0.25) is 0 Å². The summed E-state index contributed by atoms with van der Waals surface area (Å²) in [5, 5.41) is -0.180. The molecule has 0 N–H and O–H groups in total. The van der Waals surface area contributed by atoms with Crippen LogP contribution in [0.1, 0.15) is 39.0 Å². The van der Waals surface area contributed by atoms with Crippen LogP contribution >= 0.6 is 34.4 Å². The Hall–Kier alpha value is 0.290.